The van der Waals surface area contributed by atoms with E-state index in [1.165, 1.54) is 11.1 Å². The minimum atomic E-state index is -0.0737. The van der Waals surface area contributed by atoms with Crippen molar-refractivity contribution in [2.24, 2.45) is 0 Å². The van der Waals surface area contributed by atoms with Crippen LogP contribution in [0.2, 0.25) is 0 Å². The van der Waals surface area contributed by atoms with Gasteiger partial charge >= 0.3 is 0 Å². The van der Waals surface area contributed by atoms with Crippen LogP contribution in [0.25, 0.3) is 0 Å². The molecule has 5 heteroatoms. The Morgan fingerprint density at radius 1 is 1.10 bits per heavy atom. The number of benzene rings is 2. The van der Waals surface area contributed by atoms with E-state index in [0.29, 0.717) is 23.9 Å². The van der Waals surface area contributed by atoms with Gasteiger partial charge in [0.1, 0.15) is 12.4 Å². The molecule has 0 unspecified atom stereocenters. The van der Waals surface area contributed by atoms with Crippen LogP contribution in [0.1, 0.15) is 57.3 Å². The molecule has 0 aliphatic carbocycles. The summed E-state index contributed by atoms with van der Waals surface area (Å²) >= 11 is 0. The van der Waals surface area contributed by atoms with Crippen LogP contribution in [0.5, 0.6) is 5.75 Å². The van der Waals surface area contributed by atoms with Crippen molar-refractivity contribution in [2.75, 3.05) is 13.1 Å². The number of hydrogen-bond acceptors (Lipinski definition) is 4. The fraction of sp³-hybridized carbons (Fsp3) is 0.360. The largest absolute Gasteiger partial charge is 0.485 e. The van der Waals surface area contributed by atoms with Gasteiger partial charge in [-0.25, -0.2) is 0 Å². The molecule has 1 aromatic heterocycles. The zero-order valence-electron chi connectivity index (χ0n) is 17.9. The van der Waals surface area contributed by atoms with E-state index < -0.39 is 0 Å². The molecule has 1 aliphatic heterocycles. The van der Waals surface area contributed by atoms with Crippen LogP contribution in [-0.2, 0) is 6.61 Å². The molecule has 30 heavy (non-hydrogen) atoms. The number of piperidine rings is 1. The van der Waals surface area contributed by atoms with Crippen molar-refractivity contribution in [3.63, 3.8) is 0 Å². The molecule has 0 bridgehead atoms. The van der Waals surface area contributed by atoms with Gasteiger partial charge in [0.25, 0.3) is 5.91 Å². The number of ether oxygens (including phenoxy) is 1. The van der Waals surface area contributed by atoms with Crippen molar-refractivity contribution in [1.29, 1.82) is 0 Å². The molecule has 1 atom stereocenters. The molecule has 0 saturated carbocycles. The Bertz CT molecular complexity index is 1020. The molecule has 2 aromatic carbocycles. The Kier molecular flexibility index (Phi) is 5.88. The maximum atomic E-state index is 13.0. The molecule has 3 aromatic rings. The Labute approximate surface area is 177 Å². The van der Waals surface area contributed by atoms with Crippen molar-refractivity contribution in [2.45, 2.75) is 46.1 Å². The number of hydrogen-bond donors (Lipinski definition) is 0. The van der Waals surface area contributed by atoms with Crippen LogP contribution < -0.4 is 4.74 Å². The van der Waals surface area contributed by atoms with Gasteiger partial charge < -0.3 is 14.2 Å². The summed E-state index contributed by atoms with van der Waals surface area (Å²) in [6, 6.07) is 16.2. The summed E-state index contributed by atoms with van der Waals surface area (Å²) in [6.07, 6.45) is 2.09. The van der Waals surface area contributed by atoms with Crippen molar-refractivity contribution >= 4 is 5.91 Å². The number of carbonyl (C=O) groups is 1. The third-order valence-electron chi connectivity index (χ3n) is 5.88. The SMILES string of the molecule is Cc1ccccc1[C@@H]1CCCN(C(=O)c2cc(COc3c(C)cccc3C)on2)C1. The van der Waals surface area contributed by atoms with Gasteiger partial charge in [-0.1, -0.05) is 47.6 Å². The summed E-state index contributed by atoms with van der Waals surface area (Å²) in [6.45, 7) is 7.87. The summed E-state index contributed by atoms with van der Waals surface area (Å²) < 4.78 is 11.3. The zero-order chi connectivity index (χ0) is 21.1. The predicted octanol–water partition coefficient (Wildman–Crippen LogP) is 5.20. The smallest absolute Gasteiger partial charge is 0.276 e. The van der Waals surface area contributed by atoms with Gasteiger partial charge in [-0.2, -0.15) is 0 Å². The summed E-state index contributed by atoms with van der Waals surface area (Å²) in [7, 11) is 0. The van der Waals surface area contributed by atoms with Gasteiger partial charge in [-0.05, 0) is 55.9 Å². The van der Waals surface area contributed by atoms with Crippen LogP contribution >= 0.6 is 0 Å². The second-order valence-electron chi connectivity index (χ2n) is 8.13. The highest BCUT2D eigenvalue weighted by molar-refractivity contribution is 5.92. The Hall–Kier alpha value is -3.08. The third-order valence-corrected chi connectivity index (χ3v) is 5.88. The monoisotopic (exact) mass is 404 g/mol. The zero-order valence-corrected chi connectivity index (χ0v) is 17.9. The number of carbonyl (C=O) groups excluding carboxylic acids is 1. The topological polar surface area (TPSA) is 55.6 Å². The molecular formula is C25H28N2O3. The number of aromatic nitrogens is 1. The molecular weight excluding hydrogens is 376 g/mol. The Morgan fingerprint density at radius 2 is 1.83 bits per heavy atom. The number of aryl methyl sites for hydroxylation is 3. The molecule has 0 radical (unpaired) electrons. The molecule has 4 rings (SSSR count). The summed E-state index contributed by atoms with van der Waals surface area (Å²) in [5, 5.41) is 4.02. The standard InChI is InChI=1S/C25H28N2O3/c1-17-8-4-5-12-22(17)20-11-7-13-27(15-20)25(28)23-14-21(30-26-23)16-29-24-18(2)9-6-10-19(24)3/h4-6,8-10,12,14,20H,7,11,13,15-16H2,1-3H3/t20-/m1/s1. The second-order valence-corrected chi connectivity index (χ2v) is 8.13. The lowest BCUT2D eigenvalue weighted by molar-refractivity contribution is 0.0696. The van der Waals surface area contributed by atoms with E-state index in [-0.39, 0.29) is 12.5 Å². The fourth-order valence-electron chi connectivity index (χ4n) is 4.27. The van der Waals surface area contributed by atoms with Gasteiger partial charge in [-0.15, -0.1) is 0 Å². The third kappa shape index (κ3) is 4.25. The average molecular weight is 405 g/mol. The summed E-state index contributed by atoms with van der Waals surface area (Å²) in [5.74, 6) is 1.69. The molecule has 0 spiro atoms. The summed E-state index contributed by atoms with van der Waals surface area (Å²) in [5.41, 5.74) is 5.10. The Balaban J connectivity index is 1.42. The maximum Gasteiger partial charge on any atom is 0.276 e. The Morgan fingerprint density at radius 3 is 2.60 bits per heavy atom. The number of likely N-dealkylation sites (tertiary alicyclic amines) is 1. The van der Waals surface area contributed by atoms with Gasteiger partial charge in [0, 0.05) is 25.1 Å². The van der Waals surface area contributed by atoms with Crippen LogP contribution in [-0.4, -0.2) is 29.1 Å². The van der Waals surface area contributed by atoms with Gasteiger partial charge in [0.15, 0.2) is 11.5 Å². The first kappa shape index (κ1) is 20.2. The molecule has 5 nitrogen and oxygen atoms in total. The molecule has 1 fully saturated rings. The number of rotatable bonds is 5. The van der Waals surface area contributed by atoms with E-state index >= 15 is 0 Å². The molecule has 156 valence electrons. The van der Waals surface area contributed by atoms with Crippen LogP contribution in [0.3, 0.4) is 0 Å². The fourth-order valence-corrected chi connectivity index (χ4v) is 4.27. The van der Waals surface area contributed by atoms with E-state index in [1.807, 2.05) is 36.9 Å². The highest BCUT2D eigenvalue weighted by Crippen LogP contribution is 2.30. The second kappa shape index (κ2) is 8.74. The average Bonchev–Trinajstić information content (AvgIpc) is 3.22. The number of para-hydroxylation sites is 1. The van der Waals surface area contributed by atoms with E-state index in [2.05, 4.69) is 36.3 Å². The van der Waals surface area contributed by atoms with Gasteiger partial charge in [-0.3, -0.25) is 4.79 Å². The predicted molar refractivity (Wildman–Crippen MR) is 116 cm³/mol. The van der Waals surface area contributed by atoms with Crippen molar-refractivity contribution < 1.29 is 14.1 Å². The minimum Gasteiger partial charge on any atom is -0.485 e. The molecule has 1 aliphatic rings. The minimum absolute atomic E-state index is 0.0737. The van der Waals surface area contributed by atoms with E-state index in [0.717, 1.165) is 36.3 Å². The molecule has 2 heterocycles. The molecule has 1 saturated heterocycles. The summed E-state index contributed by atoms with van der Waals surface area (Å²) in [4.78, 5) is 14.9. The first-order valence-electron chi connectivity index (χ1n) is 10.5. The van der Waals surface area contributed by atoms with Crippen LogP contribution in [0, 0.1) is 20.8 Å². The van der Waals surface area contributed by atoms with Gasteiger partial charge in [0.05, 0.1) is 0 Å². The number of amides is 1. The van der Waals surface area contributed by atoms with Crippen molar-refractivity contribution in [1.82, 2.24) is 10.1 Å². The van der Waals surface area contributed by atoms with E-state index in [9.17, 15) is 4.79 Å². The highest BCUT2D eigenvalue weighted by Gasteiger charge is 2.28. The van der Waals surface area contributed by atoms with Gasteiger partial charge in [0.2, 0.25) is 0 Å². The maximum absolute atomic E-state index is 13.0. The normalized spacial score (nSPS) is 16.5. The van der Waals surface area contributed by atoms with Crippen LogP contribution in [0.4, 0.5) is 0 Å². The van der Waals surface area contributed by atoms with E-state index in [1.54, 1.807) is 6.07 Å². The van der Waals surface area contributed by atoms with Crippen molar-refractivity contribution in [3.8, 4) is 5.75 Å². The van der Waals surface area contributed by atoms with E-state index in [4.69, 9.17) is 9.26 Å². The lowest BCUT2D eigenvalue weighted by Gasteiger charge is -2.33. The molecule has 0 N–H and O–H groups in total. The highest BCUT2D eigenvalue weighted by atomic mass is 16.5. The van der Waals surface area contributed by atoms with Crippen molar-refractivity contribution in [3.05, 3.63) is 82.2 Å². The quantitative estimate of drug-likeness (QED) is 0.587. The van der Waals surface area contributed by atoms with Crippen LogP contribution in [0.15, 0.2) is 53.1 Å². The number of nitrogens with zero attached hydrogens (tertiary/aromatic N) is 2. The lowest BCUT2D eigenvalue weighted by atomic mass is 9.88. The lowest BCUT2D eigenvalue weighted by Crippen LogP contribution is -2.39. The molecule has 1 amide bonds. The first-order valence-corrected chi connectivity index (χ1v) is 10.5. The first-order chi connectivity index (χ1) is 14.5.